The Morgan fingerprint density at radius 2 is 1.67 bits per heavy atom. The van der Waals surface area contributed by atoms with E-state index in [1.807, 2.05) is 60.7 Å². The van der Waals surface area contributed by atoms with Gasteiger partial charge in [0.2, 0.25) is 0 Å². The van der Waals surface area contributed by atoms with Crippen molar-refractivity contribution < 1.29 is 9.47 Å². The highest BCUT2D eigenvalue weighted by Gasteiger charge is 1.94. The van der Waals surface area contributed by atoms with Crippen molar-refractivity contribution in [2.45, 2.75) is 6.61 Å². The topological polar surface area (TPSA) is 18.5 Å². The van der Waals surface area contributed by atoms with Gasteiger partial charge in [-0.15, -0.1) is 0 Å². The van der Waals surface area contributed by atoms with E-state index in [0.717, 1.165) is 16.9 Å². The molecule has 0 radical (unpaired) electrons. The highest BCUT2D eigenvalue weighted by Crippen LogP contribution is 2.09. The Bertz CT molecular complexity index is 474. The summed E-state index contributed by atoms with van der Waals surface area (Å²) in [6.07, 6.45) is 1.82. The second kappa shape index (κ2) is 6.62. The summed E-state index contributed by atoms with van der Waals surface area (Å²) in [4.78, 5) is 0. The van der Waals surface area contributed by atoms with Crippen LogP contribution in [0.4, 0.5) is 0 Å². The molecule has 0 spiro atoms. The van der Waals surface area contributed by atoms with Crippen LogP contribution >= 0.6 is 0 Å². The van der Waals surface area contributed by atoms with Gasteiger partial charge >= 0.3 is 0 Å². The van der Waals surface area contributed by atoms with Crippen LogP contribution in [0.1, 0.15) is 11.1 Å². The molecule has 2 aromatic carbocycles. The van der Waals surface area contributed by atoms with Crippen molar-refractivity contribution in [3.63, 3.8) is 0 Å². The van der Waals surface area contributed by atoms with E-state index in [2.05, 4.69) is 6.58 Å². The minimum absolute atomic E-state index is 0.257. The van der Waals surface area contributed by atoms with Gasteiger partial charge in [-0.1, -0.05) is 55.1 Å². The zero-order valence-corrected chi connectivity index (χ0v) is 10.2. The quantitative estimate of drug-likeness (QED) is 0.563. The van der Waals surface area contributed by atoms with Crippen molar-refractivity contribution in [1.82, 2.24) is 0 Å². The van der Waals surface area contributed by atoms with E-state index in [4.69, 9.17) is 9.47 Å². The first-order chi connectivity index (χ1) is 8.88. The Morgan fingerprint density at radius 3 is 2.33 bits per heavy atom. The second-order valence-electron chi connectivity index (χ2n) is 3.87. The smallest absolute Gasteiger partial charge is 0.189 e. The number of para-hydroxylation sites is 1. The third-order valence-corrected chi connectivity index (χ3v) is 2.54. The molecular formula is C16H16O2. The minimum atomic E-state index is 0.257. The standard InChI is InChI=1S/C16H16O2/c1-2-14-8-10-15(11-9-14)12-17-13-18-16-6-4-3-5-7-16/h2-11H,1,12-13H2. The van der Waals surface area contributed by atoms with Gasteiger partial charge in [-0.05, 0) is 23.3 Å². The monoisotopic (exact) mass is 240 g/mol. The molecule has 18 heavy (non-hydrogen) atoms. The molecule has 0 saturated carbocycles. The van der Waals surface area contributed by atoms with E-state index < -0.39 is 0 Å². The van der Waals surface area contributed by atoms with Crippen LogP contribution in [0.5, 0.6) is 5.75 Å². The number of hydrogen-bond acceptors (Lipinski definition) is 2. The molecule has 0 amide bonds. The second-order valence-corrected chi connectivity index (χ2v) is 3.87. The lowest BCUT2D eigenvalue weighted by Crippen LogP contribution is -2.02. The minimum Gasteiger partial charge on any atom is -0.468 e. The molecule has 2 heteroatoms. The average molecular weight is 240 g/mol. The maximum atomic E-state index is 5.45. The van der Waals surface area contributed by atoms with Gasteiger partial charge in [-0.2, -0.15) is 0 Å². The maximum absolute atomic E-state index is 5.45. The molecule has 0 atom stereocenters. The molecule has 0 aliphatic carbocycles. The van der Waals surface area contributed by atoms with E-state index in [-0.39, 0.29) is 6.79 Å². The molecule has 0 bridgehead atoms. The van der Waals surface area contributed by atoms with Gasteiger partial charge in [0, 0.05) is 0 Å². The molecule has 0 aromatic heterocycles. The molecule has 92 valence electrons. The molecule has 0 heterocycles. The van der Waals surface area contributed by atoms with Crippen molar-refractivity contribution in [1.29, 1.82) is 0 Å². The Morgan fingerprint density at radius 1 is 0.944 bits per heavy atom. The van der Waals surface area contributed by atoms with Gasteiger partial charge in [0.25, 0.3) is 0 Å². The lowest BCUT2D eigenvalue weighted by Gasteiger charge is -2.07. The summed E-state index contributed by atoms with van der Waals surface area (Å²) in [6.45, 7) is 4.52. The molecule has 2 nitrogen and oxygen atoms in total. The number of benzene rings is 2. The summed E-state index contributed by atoms with van der Waals surface area (Å²) in [7, 11) is 0. The summed E-state index contributed by atoms with van der Waals surface area (Å²) in [6, 6.07) is 17.7. The normalized spacial score (nSPS) is 10.0. The summed E-state index contributed by atoms with van der Waals surface area (Å²) in [5.41, 5.74) is 2.23. The maximum Gasteiger partial charge on any atom is 0.189 e. The lowest BCUT2D eigenvalue weighted by atomic mass is 10.1. The molecule has 0 saturated heterocycles. The van der Waals surface area contributed by atoms with Crippen molar-refractivity contribution >= 4 is 6.08 Å². The van der Waals surface area contributed by atoms with E-state index >= 15 is 0 Å². The summed E-state index contributed by atoms with van der Waals surface area (Å²) >= 11 is 0. The SMILES string of the molecule is C=Cc1ccc(COCOc2ccccc2)cc1. The Labute approximate surface area is 107 Å². The molecule has 0 aliphatic heterocycles. The van der Waals surface area contributed by atoms with Crippen LogP contribution in [0.25, 0.3) is 6.08 Å². The van der Waals surface area contributed by atoms with Crippen LogP contribution < -0.4 is 4.74 Å². The van der Waals surface area contributed by atoms with Crippen molar-refractivity contribution in [2.75, 3.05) is 6.79 Å². The van der Waals surface area contributed by atoms with E-state index in [1.54, 1.807) is 0 Å². The first kappa shape index (κ1) is 12.4. The number of ether oxygens (including phenoxy) is 2. The van der Waals surface area contributed by atoms with Crippen LogP contribution in [-0.2, 0) is 11.3 Å². The zero-order chi connectivity index (χ0) is 12.6. The zero-order valence-electron chi connectivity index (χ0n) is 10.2. The van der Waals surface area contributed by atoms with Crippen molar-refractivity contribution in [3.8, 4) is 5.75 Å². The lowest BCUT2D eigenvalue weighted by molar-refractivity contribution is 0.00505. The van der Waals surface area contributed by atoms with E-state index in [9.17, 15) is 0 Å². The summed E-state index contributed by atoms with van der Waals surface area (Å²) in [5.74, 6) is 0.819. The Balaban J connectivity index is 1.73. The fourth-order valence-electron chi connectivity index (χ4n) is 1.54. The molecule has 0 unspecified atom stereocenters. The van der Waals surface area contributed by atoms with Crippen LogP contribution in [0.3, 0.4) is 0 Å². The van der Waals surface area contributed by atoms with E-state index in [1.165, 1.54) is 0 Å². The van der Waals surface area contributed by atoms with Crippen LogP contribution in [-0.4, -0.2) is 6.79 Å². The van der Waals surface area contributed by atoms with Gasteiger partial charge in [-0.3, -0.25) is 0 Å². The van der Waals surface area contributed by atoms with Crippen LogP contribution in [0, 0.1) is 0 Å². The molecule has 2 rings (SSSR count). The summed E-state index contributed by atoms with van der Waals surface area (Å²) in [5, 5.41) is 0. The Hall–Kier alpha value is -2.06. The van der Waals surface area contributed by atoms with Crippen molar-refractivity contribution in [2.24, 2.45) is 0 Å². The third-order valence-electron chi connectivity index (χ3n) is 2.54. The van der Waals surface area contributed by atoms with Crippen LogP contribution in [0.15, 0.2) is 61.2 Å². The van der Waals surface area contributed by atoms with Gasteiger partial charge in [-0.25, -0.2) is 0 Å². The van der Waals surface area contributed by atoms with Gasteiger partial charge in [0.05, 0.1) is 6.61 Å². The molecule has 0 N–H and O–H groups in total. The number of rotatable bonds is 6. The van der Waals surface area contributed by atoms with Gasteiger partial charge in [0.1, 0.15) is 5.75 Å². The fourth-order valence-corrected chi connectivity index (χ4v) is 1.54. The molecule has 2 aromatic rings. The van der Waals surface area contributed by atoms with Crippen molar-refractivity contribution in [3.05, 3.63) is 72.3 Å². The van der Waals surface area contributed by atoms with Gasteiger partial charge in [0.15, 0.2) is 6.79 Å². The first-order valence-corrected chi connectivity index (χ1v) is 5.85. The average Bonchev–Trinajstić information content (AvgIpc) is 2.45. The third kappa shape index (κ3) is 3.75. The van der Waals surface area contributed by atoms with Crippen LogP contribution in [0.2, 0.25) is 0 Å². The summed E-state index contributed by atoms with van der Waals surface area (Å²) < 4.78 is 10.9. The first-order valence-electron chi connectivity index (χ1n) is 5.85. The molecule has 0 aliphatic rings. The fraction of sp³-hybridized carbons (Fsp3) is 0.125. The molecule has 0 fully saturated rings. The predicted octanol–water partition coefficient (Wildman–Crippen LogP) is 3.88. The van der Waals surface area contributed by atoms with E-state index in [0.29, 0.717) is 6.61 Å². The molecular weight excluding hydrogens is 224 g/mol. The largest absolute Gasteiger partial charge is 0.468 e. The Kier molecular flexibility index (Phi) is 4.56. The van der Waals surface area contributed by atoms with Gasteiger partial charge < -0.3 is 9.47 Å². The highest BCUT2D eigenvalue weighted by molar-refractivity contribution is 5.47. The highest BCUT2D eigenvalue weighted by atomic mass is 16.7. The number of hydrogen-bond donors (Lipinski definition) is 0. The predicted molar refractivity (Wildman–Crippen MR) is 73.3 cm³/mol.